The summed E-state index contributed by atoms with van der Waals surface area (Å²) in [6.07, 6.45) is 7.67. The SMILES string of the molecule is C=[N+](C(=O)[C@H](C(C)C)N(C)C(=O)c1ncco1)[C@H]1Cc2cc(O)cc(c2)-c2ccc3c(c2)c(c(-c2cnccc2COC)n3CC)CC(C)(C)COC(=O)[C@@H]2CCCN(N2)C1=O. The van der Waals surface area contributed by atoms with Gasteiger partial charge < -0.3 is 28.5 Å². The number of oxazole rings is 1. The number of amides is 3. The second-order valence-corrected chi connectivity index (χ2v) is 17.4. The second-order valence-electron chi connectivity index (χ2n) is 17.4. The predicted octanol–water partition coefficient (Wildman–Crippen LogP) is 5.80. The Morgan fingerprint density at radius 1 is 1.13 bits per heavy atom. The summed E-state index contributed by atoms with van der Waals surface area (Å²) in [6.45, 7) is 15.4. The van der Waals surface area contributed by atoms with E-state index in [1.165, 1.54) is 29.4 Å². The van der Waals surface area contributed by atoms with Crippen LogP contribution in [0.5, 0.6) is 5.75 Å². The molecule has 15 heteroatoms. The number of pyridine rings is 1. The fraction of sp³-hybridized carbons (Fsp3) is 0.426. The van der Waals surface area contributed by atoms with Crippen LogP contribution in [-0.4, -0.2) is 110 Å². The highest BCUT2D eigenvalue weighted by atomic mass is 16.5. The number of aryl methyl sites for hydroxylation is 1. The normalized spacial score (nSPS) is 18.6. The van der Waals surface area contributed by atoms with Crippen molar-refractivity contribution in [2.75, 3.05) is 27.3 Å². The van der Waals surface area contributed by atoms with E-state index in [2.05, 4.69) is 59.6 Å². The van der Waals surface area contributed by atoms with Gasteiger partial charge in [0.15, 0.2) is 6.04 Å². The molecule has 3 atom stereocenters. The Morgan fingerprint density at radius 2 is 1.92 bits per heavy atom. The van der Waals surface area contributed by atoms with Crippen LogP contribution < -0.4 is 5.43 Å². The summed E-state index contributed by atoms with van der Waals surface area (Å²) < 4.78 is 20.3. The Labute approximate surface area is 361 Å². The van der Waals surface area contributed by atoms with Gasteiger partial charge in [-0.2, -0.15) is 4.58 Å². The molecule has 0 saturated carbocycles. The number of nitrogens with zero attached hydrogens (tertiary/aromatic N) is 6. The molecule has 6 bridgehead atoms. The first kappa shape index (κ1) is 43.9. The number of ether oxygens (including phenoxy) is 2. The lowest BCUT2D eigenvalue weighted by molar-refractivity contribution is -0.472. The molecule has 3 amide bonds. The molecule has 1 fully saturated rings. The number of esters is 1. The number of cyclic esters (lactones) is 1. The zero-order valence-corrected chi connectivity index (χ0v) is 36.5. The van der Waals surface area contributed by atoms with Crippen LogP contribution in [0.3, 0.4) is 0 Å². The van der Waals surface area contributed by atoms with Gasteiger partial charge in [0, 0.05) is 67.9 Å². The van der Waals surface area contributed by atoms with Crippen molar-refractivity contribution in [3.8, 4) is 28.1 Å². The molecule has 0 radical (unpaired) electrons. The lowest BCUT2D eigenvalue weighted by Crippen LogP contribution is -2.61. The Balaban J connectivity index is 1.37. The van der Waals surface area contributed by atoms with Crippen molar-refractivity contribution in [2.24, 2.45) is 11.3 Å². The molecule has 0 aliphatic carbocycles. The van der Waals surface area contributed by atoms with Gasteiger partial charge >= 0.3 is 23.7 Å². The summed E-state index contributed by atoms with van der Waals surface area (Å²) in [5, 5.41) is 13.6. The maximum atomic E-state index is 14.8. The van der Waals surface area contributed by atoms with Crippen molar-refractivity contribution < 1.29 is 42.8 Å². The van der Waals surface area contributed by atoms with Crippen LogP contribution in [0.4, 0.5) is 0 Å². The highest BCUT2D eigenvalue weighted by Gasteiger charge is 2.45. The van der Waals surface area contributed by atoms with Crippen LogP contribution in [0.2, 0.25) is 0 Å². The van der Waals surface area contributed by atoms with Crippen molar-refractivity contribution in [1.29, 1.82) is 0 Å². The first-order valence-electron chi connectivity index (χ1n) is 21.1. The standard InChI is InChI=1S/C47H55N7O8/c1-9-53-38-13-12-30-23-34(38)35(41(53)36-25-48-15-14-31(36)26-60-8)24-47(4,5)27-62-46(59)37-11-10-17-54(50-37)43(56)39(21-29-19-32(30)22-33(55)20-29)51(6)44(57)40(28(2)3)52(7)45(58)42-49-16-18-61-42/h12-16,18-20,22-23,25,28,37,39-40,50H,6,9-11,17,21,24,26-27H2,1-5,7-8H3/p+1/t37-,39-,40-/m0/s1. The van der Waals surface area contributed by atoms with E-state index in [1.807, 2.05) is 24.4 Å². The molecule has 62 heavy (non-hydrogen) atoms. The van der Waals surface area contributed by atoms with Crippen LogP contribution in [0.15, 0.2) is 71.7 Å². The molecule has 2 N–H and O–H groups in total. The number of hydrogen-bond donors (Lipinski definition) is 2. The Bertz CT molecular complexity index is 2510. The third-order valence-electron chi connectivity index (χ3n) is 11.9. The van der Waals surface area contributed by atoms with E-state index in [0.29, 0.717) is 43.5 Å². The number of fused-ring (bicyclic) bond motifs is 6. The third kappa shape index (κ3) is 8.77. The average Bonchev–Trinajstić information content (AvgIpc) is 3.90. The fourth-order valence-corrected chi connectivity index (χ4v) is 8.87. The lowest BCUT2D eigenvalue weighted by Gasteiger charge is -2.35. The molecule has 5 heterocycles. The van der Waals surface area contributed by atoms with E-state index in [1.54, 1.807) is 39.3 Å². The Hall–Kier alpha value is -6.19. The van der Waals surface area contributed by atoms with E-state index < -0.39 is 53.1 Å². The number of benzene rings is 2. The van der Waals surface area contributed by atoms with Crippen molar-refractivity contribution in [3.63, 3.8) is 0 Å². The summed E-state index contributed by atoms with van der Waals surface area (Å²) in [5.74, 6) is -2.80. The monoisotopic (exact) mass is 846 g/mol. The van der Waals surface area contributed by atoms with Crippen molar-refractivity contribution in [2.45, 2.75) is 91.6 Å². The quantitative estimate of drug-likeness (QED) is 0.104. The molecule has 3 aromatic heterocycles. The fourth-order valence-electron chi connectivity index (χ4n) is 8.87. The summed E-state index contributed by atoms with van der Waals surface area (Å²) >= 11 is 0. The number of methoxy groups -OCH3 is 1. The van der Waals surface area contributed by atoms with Crippen molar-refractivity contribution in [3.05, 3.63) is 89.9 Å². The zero-order chi connectivity index (χ0) is 44.5. The van der Waals surface area contributed by atoms with Crippen LogP contribution in [0.1, 0.15) is 74.8 Å². The number of hydrogen-bond acceptors (Lipinski definition) is 11. The van der Waals surface area contributed by atoms with Crippen molar-refractivity contribution in [1.82, 2.24) is 29.9 Å². The zero-order valence-electron chi connectivity index (χ0n) is 36.5. The highest BCUT2D eigenvalue weighted by Crippen LogP contribution is 2.41. The van der Waals surface area contributed by atoms with E-state index in [9.17, 15) is 24.3 Å². The summed E-state index contributed by atoms with van der Waals surface area (Å²) in [4.78, 5) is 66.3. The molecule has 0 spiro atoms. The number of hydrazine groups is 1. The molecular formula is C47H56N7O8+. The van der Waals surface area contributed by atoms with Gasteiger partial charge in [-0.1, -0.05) is 39.8 Å². The Morgan fingerprint density at radius 3 is 2.63 bits per heavy atom. The maximum Gasteiger partial charge on any atom is 0.410 e. The maximum absolute atomic E-state index is 14.8. The molecular weight excluding hydrogens is 791 g/mol. The van der Waals surface area contributed by atoms with Gasteiger partial charge in [-0.15, -0.1) is 0 Å². The first-order valence-corrected chi connectivity index (χ1v) is 21.1. The van der Waals surface area contributed by atoms with E-state index in [0.717, 1.165) is 43.4 Å². The summed E-state index contributed by atoms with van der Waals surface area (Å²) in [5.41, 5.74) is 9.65. The highest BCUT2D eigenvalue weighted by molar-refractivity contribution is 5.96. The number of aromatic nitrogens is 3. The van der Waals surface area contributed by atoms with Crippen molar-refractivity contribution >= 4 is 41.3 Å². The number of rotatable bonds is 9. The average molecular weight is 847 g/mol. The molecule has 0 unspecified atom stereocenters. The van der Waals surface area contributed by atoms with Gasteiger partial charge in [-0.25, -0.2) is 15.2 Å². The molecule has 2 aliphatic rings. The number of carbonyl (C=O) groups is 4. The van der Waals surface area contributed by atoms with Crippen LogP contribution in [0.25, 0.3) is 33.3 Å². The minimum absolute atomic E-state index is 0.0249. The number of aromatic hydroxyl groups is 1. The van der Waals surface area contributed by atoms with Gasteiger partial charge in [-0.3, -0.25) is 24.4 Å². The number of nitrogens with one attached hydrogen (secondary N) is 1. The minimum atomic E-state index is -1.22. The van der Waals surface area contributed by atoms with Gasteiger partial charge in [0.2, 0.25) is 6.04 Å². The van der Waals surface area contributed by atoms with E-state index >= 15 is 0 Å². The van der Waals surface area contributed by atoms with Gasteiger partial charge in [0.25, 0.3) is 5.89 Å². The van der Waals surface area contributed by atoms with Gasteiger partial charge in [-0.05, 0) is 90.3 Å². The number of carbonyl (C=O) groups excluding carboxylic acids is 4. The number of likely N-dealkylation sites (N-methyl/N-ethyl adjacent to an activating group) is 1. The number of phenolic OH excluding ortho intramolecular Hbond substituents is 1. The molecule has 15 nitrogen and oxygen atoms in total. The smallest absolute Gasteiger partial charge is 0.410 e. The summed E-state index contributed by atoms with van der Waals surface area (Å²) in [6, 6.07) is 10.2. The van der Waals surface area contributed by atoms with Crippen LogP contribution in [-0.2, 0) is 49.9 Å². The minimum Gasteiger partial charge on any atom is -0.508 e. The van der Waals surface area contributed by atoms with Crippen LogP contribution in [0, 0.1) is 11.3 Å². The third-order valence-corrected chi connectivity index (χ3v) is 11.9. The molecule has 5 aromatic rings. The number of phenols is 1. The topological polar surface area (TPSA) is 172 Å². The largest absolute Gasteiger partial charge is 0.508 e. The molecule has 1 saturated heterocycles. The first-order chi connectivity index (χ1) is 29.6. The van der Waals surface area contributed by atoms with Crippen LogP contribution >= 0.6 is 0 Å². The lowest BCUT2D eigenvalue weighted by atomic mass is 9.84. The molecule has 326 valence electrons. The predicted molar refractivity (Wildman–Crippen MR) is 232 cm³/mol. The van der Waals surface area contributed by atoms with Gasteiger partial charge in [0.1, 0.15) is 24.8 Å². The molecule has 2 aromatic carbocycles. The van der Waals surface area contributed by atoms with E-state index in [-0.39, 0.29) is 31.2 Å². The molecule has 2 aliphatic heterocycles. The second kappa shape index (κ2) is 18.0. The summed E-state index contributed by atoms with van der Waals surface area (Å²) in [7, 11) is 3.15. The van der Waals surface area contributed by atoms with E-state index in [4.69, 9.17) is 13.9 Å². The molecule has 7 rings (SSSR count). The van der Waals surface area contributed by atoms with Gasteiger partial charge in [0.05, 0.1) is 25.1 Å². The Kier molecular flexibility index (Phi) is 12.8.